The fraction of sp³-hybridized carbons (Fsp3) is 0.258. The van der Waals surface area contributed by atoms with E-state index in [9.17, 15) is 9.59 Å². The summed E-state index contributed by atoms with van der Waals surface area (Å²) in [5, 5.41) is 4.68. The number of benzene rings is 3. The van der Waals surface area contributed by atoms with Crippen molar-refractivity contribution < 1.29 is 9.59 Å². The van der Waals surface area contributed by atoms with E-state index in [-0.39, 0.29) is 17.9 Å². The van der Waals surface area contributed by atoms with Gasteiger partial charge in [0, 0.05) is 30.3 Å². The molecule has 0 N–H and O–H groups in total. The fourth-order valence-electron chi connectivity index (χ4n) is 5.69. The molecule has 186 valence electrons. The number of carbonyl (C=O) groups is 2. The lowest BCUT2D eigenvalue weighted by Crippen LogP contribution is -2.46. The number of fused-ring (bicyclic) bond motifs is 2. The summed E-state index contributed by atoms with van der Waals surface area (Å²) in [5.41, 5.74) is 7.17. The lowest BCUT2D eigenvalue weighted by atomic mass is 9.98. The number of para-hydroxylation sites is 1. The van der Waals surface area contributed by atoms with E-state index in [2.05, 4.69) is 23.3 Å². The summed E-state index contributed by atoms with van der Waals surface area (Å²) in [7, 11) is 0. The third-order valence-corrected chi connectivity index (χ3v) is 7.61. The number of aryl methyl sites for hydroxylation is 1. The maximum Gasteiger partial charge on any atom is 0.258 e. The molecule has 3 heterocycles. The van der Waals surface area contributed by atoms with Crippen molar-refractivity contribution in [3.8, 4) is 11.1 Å². The van der Waals surface area contributed by atoms with Crippen molar-refractivity contribution in [2.45, 2.75) is 45.3 Å². The predicted octanol–water partition coefficient (Wildman–Crippen LogP) is 5.12. The first kappa shape index (κ1) is 23.2. The summed E-state index contributed by atoms with van der Waals surface area (Å²) in [6, 6.07) is 26.3. The van der Waals surface area contributed by atoms with Gasteiger partial charge in [0.1, 0.15) is 0 Å². The van der Waals surface area contributed by atoms with E-state index in [4.69, 9.17) is 0 Å². The minimum atomic E-state index is 0.0299. The molecule has 6 heteroatoms. The highest BCUT2D eigenvalue weighted by molar-refractivity contribution is 6.07. The van der Waals surface area contributed by atoms with E-state index in [1.54, 1.807) is 6.92 Å². The molecule has 2 aliphatic heterocycles. The van der Waals surface area contributed by atoms with Gasteiger partial charge in [-0.1, -0.05) is 60.7 Å². The normalized spacial score (nSPS) is 16.7. The minimum Gasteiger partial charge on any atom is -0.332 e. The molecule has 1 atom stereocenters. The van der Waals surface area contributed by atoms with Crippen LogP contribution in [0.3, 0.4) is 0 Å². The van der Waals surface area contributed by atoms with Crippen LogP contribution in [0.5, 0.6) is 0 Å². The molecule has 0 saturated heterocycles. The van der Waals surface area contributed by atoms with Crippen LogP contribution in [0.1, 0.15) is 40.5 Å². The van der Waals surface area contributed by atoms with Crippen molar-refractivity contribution in [1.82, 2.24) is 14.7 Å². The van der Waals surface area contributed by atoms with Crippen molar-refractivity contribution >= 4 is 17.5 Å². The molecule has 0 bridgehead atoms. The Labute approximate surface area is 217 Å². The highest BCUT2D eigenvalue weighted by Crippen LogP contribution is 2.31. The van der Waals surface area contributed by atoms with Crippen molar-refractivity contribution in [3.05, 3.63) is 107 Å². The molecule has 0 saturated carbocycles. The first-order chi connectivity index (χ1) is 18.1. The smallest absolute Gasteiger partial charge is 0.258 e. The lowest BCUT2D eigenvalue weighted by Gasteiger charge is -2.36. The Morgan fingerprint density at radius 3 is 2.49 bits per heavy atom. The van der Waals surface area contributed by atoms with Crippen molar-refractivity contribution in [2.24, 2.45) is 0 Å². The minimum absolute atomic E-state index is 0.0299. The molecule has 6 nitrogen and oxygen atoms in total. The number of hydrogen-bond acceptors (Lipinski definition) is 3. The maximum absolute atomic E-state index is 13.4. The molecule has 3 aromatic carbocycles. The van der Waals surface area contributed by atoms with Crippen LogP contribution in [-0.2, 0) is 30.7 Å². The van der Waals surface area contributed by atoms with Crippen LogP contribution in [0.2, 0.25) is 0 Å². The van der Waals surface area contributed by atoms with Crippen LogP contribution in [-0.4, -0.2) is 39.1 Å². The van der Waals surface area contributed by atoms with Gasteiger partial charge >= 0.3 is 0 Å². The third kappa shape index (κ3) is 4.44. The van der Waals surface area contributed by atoms with Crippen LogP contribution < -0.4 is 4.90 Å². The predicted molar refractivity (Wildman–Crippen MR) is 144 cm³/mol. The lowest BCUT2D eigenvalue weighted by molar-refractivity contribution is -0.133. The zero-order chi connectivity index (χ0) is 25.4. The van der Waals surface area contributed by atoms with E-state index < -0.39 is 0 Å². The first-order valence-electron chi connectivity index (χ1n) is 12.9. The summed E-state index contributed by atoms with van der Waals surface area (Å²) < 4.78 is 2.03. The number of carbonyl (C=O) groups excluding carboxylic acids is 2. The number of rotatable bonds is 4. The zero-order valence-electron chi connectivity index (χ0n) is 21.0. The molecule has 37 heavy (non-hydrogen) atoms. The molecule has 0 fully saturated rings. The molecule has 4 aromatic rings. The highest BCUT2D eigenvalue weighted by Gasteiger charge is 2.31. The van der Waals surface area contributed by atoms with Crippen molar-refractivity contribution in [1.29, 1.82) is 0 Å². The molecule has 0 spiro atoms. The van der Waals surface area contributed by atoms with Gasteiger partial charge in [0.05, 0.1) is 31.0 Å². The summed E-state index contributed by atoms with van der Waals surface area (Å²) in [6.45, 7) is 3.56. The fourth-order valence-corrected chi connectivity index (χ4v) is 5.69. The summed E-state index contributed by atoms with van der Waals surface area (Å²) in [6.07, 6.45) is 4.66. The monoisotopic (exact) mass is 490 g/mol. The van der Waals surface area contributed by atoms with Gasteiger partial charge in [-0.3, -0.25) is 14.3 Å². The van der Waals surface area contributed by atoms with Gasteiger partial charge in [-0.05, 0) is 54.2 Å². The van der Waals surface area contributed by atoms with Gasteiger partial charge in [0.2, 0.25) is 5.91 Å². The molecular weight excluding hydrogens is 460 g/mol. The second-order valence-corrected chi connectivity index (χ2v) is 9.94. The van der Waals surface area contributed by atoms with Gasteiger partial charge in [0.25, 0.3) is 5.91 Å². The molecule has 0 unspecified atom stereocenters. The van der Waals surface area contributed by atoms with E-state index in [0.717, 1.165) is 48.3 Å². The average Bonchev–Trinajstić information content (AvgIpc) is 3.35. The van der Waals surface area contributed by atoms with Gasteiger partial charge in [-0.2, -0.15) is 5.10 Å². The Morgan fingerprint density at radius 1 is 0.946 bits per heavy atom. The summed E-state index contributed by atoms with van der Waals surface area (Å²) >= 11 is 0. The van der Waals surface area contributed by atoms with Crippen LogP contribution in [0.15, 0.2) is 85.1 Å². The number of anilines is 1. The van der Waals surface area contributed by atoms with E-state index in [1.807, 2.05) is 81.3 Å². The Hall–Kier alpha value is -4.19. The number of hydrogen-bond donors (Lipinski definition) is 0. The van der Waals surface area contributed by atoms with Crippen LogP contribution in [0, 0.1) is 0 Å². The summed E-state index contributed by atoms with van der Waals surface area (Å²) in [5.74, 6) is 0.101. The summed E-state index contributed by atoms with van der Waals surface area (Å²) in [4.78, 5) is 29.8. The van der Waals surface area contributed by atoms with Gasteiger partial charge in [-0.15, -0.1) is 0 Å². The van der Waals surface area contributed by atoms with Gasteiger partial charge < -0.3 is 9.80 Å². The Balaban J connectivity index is 1.24. The number of amides is 2. The molecule has 2 amide bonds. The SMILES string of the molecule is CC(=O)N1Cc2c(-c3ccc(C(=O)N4CCCc5ccccc54)cc3)cnn2C[C@@H]1Cc1ccccc1. The molecule has 0 aliphatic carbocycles. The third-order valence-electron chi connectivity index (χ3n) is 7.61. The molecule has 1 aromatic heterocycles. The Morgan fingerprint density at radius 2 is 1.70 bits per heavy atom. The number of nitrogens with zero attached hydrogens (tertiary/aromatic N) is 4. The Kier molecular flexibility index (Phi) is 6.08. The second-order valence-electron chi connectivity index (χ2n) is 9.94. The highest BCUT2D eigenvalue weighted by atomic mass is 16.2. The molecule has 2 aliphatic rings. The average molecular weight is 491 g/mol. The zero-order valence-corrected chi connectivity index (χ0v) is 21.0. The van der Waals surface area contributed by atoms with Crippen LogP contribution >= 0.6 is 0 Å². The standard InChI is InChI=1S/C31H30N4O2/c1-22(36)34-21-30-28(19-32-35(30)20-27(34)18-23-8-3-2-4-9-23)24-13-15-26(16-14-24)31(37)33-17-7-11-25-10-5-6-12-29(25)33/h2-6,8-10,12-16,19,27H,7,11,17-18,20-21H2,1H3/t27-/m0/s1. The number of aromatic nitrogens is 2. The van der Waals surface area contributed by atoms with Crippen molar-refractivity contribution in [2.75, 3.05) is 11.4 Å². The molecule has 0 radical (unpaired) electrons. The van der Waals surface area contributed by atoms with Crippen LogP contribution in [0.25, 0.3) is 11.1 Å². The largest absolute Gasteiger partial charge is 0.332 e. The van der Waals surface area contributed by atoms with Crippen LogP contribution in [0.4, 0.5) is 5.69 Å². The van der Waals surface area contributed by atoms with Gasteiger partial charge in [0.15, 0.2) is 0 Å². The van der Waals surface area contributed by atoms with Gasteiger partial charge in [-0.25, -0.2) is 0 Å². The topological polar surface area (TPSA) is 58.4 Å². The van der Waals surface area contributed by atoms with Crippen molar-refractivity contribution in [3.63, 3.8) is 0 Å². The molecule has 6 rings (SSSR count). The molecular formula is C31H30N4O2. The Bertz CT molecular complexity index is 1440. The van der Waals surface area contributed by atoms with E-state index in [1.165, 1.54) is 11.1 Å². The van der Waals surface area contributed by atoms with E-state index >= 15 is 0 Å². The second kappa shape index (κ2) is 9.69. The quantitative estimate of drug-likeness (QED) is 0.399. The maximum atomic E-state index is 13.4. The first-order valence-corrected chi connectivity index (χ1v) is 12.9. The van der Waals surface area contributed by atoms with E-state index in [0.29, 0.717) is 18.7 Å².